The van der Waals surface area contributed by atoms with Gasteiger partial charge in [-0.25, -0.2) is 0 Å². The molecule has 0 atom stereocenters. The van der Waals surface area contributed by atoms with Crippen molar-refractivity contribution in [3.63, 3.8) is 0 Å². The molecular weight excluding hydrogens is 499 g/mol. The molecule has 1 aliphatic heterocycles. The van der Waals surface area contributed by atoms with E-state index in [0.29, 0.717) is 61.7 Å². The van der Waals surface area contributed by atoms with Crippen LogP contribution >= 0.6 is 23.2 Å². The maximum Gasteiger partial charge on any atom is 0.163 e. The first-order chi connectivity index (χ1) is 17.4. The molecule has 0 saturated carbocycles. The molecule has 2 aromatic carbocycles. The normalized spacial score (nSPS) is 14.4. The Labute approximate surface area is 221 Å². The number of aromatic nitrogens is 1. The molecule has 0 spiro atoms. The first kappa shape index (κ1) is 26.2. The lowest BCUT2D eigenvalue weighted by Gasteiger charge is -2.30. The molecule has 1 saturated heterocycles. The van der Waals surface area contributed by atoms with E-state index in [1.54, 1.807) is 19.2 Å². The summed E-state index contributed by atoms with van der Waals surface area (Å²) in [5.74, 6) is 2.47. The van der Waals surface area contributed by atoms with Gasteiger partial charge >= 0.3 is 0 Å². The van der Waals surface area contributed by atoms with Gasteiger partial charge in [-0.15, -0.1) is 0 Å². The molecule has 3 aromatic rings. The number of anilines is 2. The first-order valence-electron chi connectivity index (χ1n) is 12.0. The van der Waals surface area contributed by atoms with E-state index in [2.05, 4.69) is 28.2 Å². The molecule has 2 heterocycles. The summed E-state index contributed by atoms with van der Waals surface area (Å²) in [6, 6.07) is 9.15. The second-order valence-corrected chi connectivity index (χ2v) is 9.81. The molecule has 9 heteroatoms. The summed E-state index contributed by atoms with van der Waals surface area (Å²) < 4.78 is 17.0. The van der Waals surface area contributed by atoms with Crippen molar-refractivity contribution in [3.8, 4) is 23.3 Å². The van der Waals surface area contributed by atoms with Gasteiger partial charge in [0.05, 0.1) is 53.3 Å². The number of hydrogen-bond acceptors (Lipinski definition) is 7. The summed E-state index contributed by atoms with van der Waals surface area (Å²) >= 11 is 12.6. The topological polar surface area (TPSA) is 79.6 Å². The molecule has 7 nitrogen and oxygen atoms in total. The Balaban J connectivity index is 1.57. The highest BCUT2D eigenvalue weighted by molar-refractivity contribution is 6.37. The van der Waals surface area contributed by atoms with Gasteiger partial charge < -0.3 is 24.4 Å². The lowest BCUT2D eigenvalue weighted by molar-refractivity contribution is 0.176. The van der Waals surface area contributed by atoms with E-state index in [1.807, 2.05) is 12.1 Å². The fraction of sp³-hybridized carbons (Fsp3) is 0.407. The number of nitriles is 1. The predicted octanol–water partition coefficient (Wildman–Crippen LogP) is 6.67. The van der Waals surface area contributed by atoms with Crippen LogP contribution in [0, 0.1) is 17.2 Å². The average molecular weight is 529 g/mol. The Morgan fingerprint density at radius 1 is 1.06 bits per heavy atom. The highest BCUT2D eigenvalue weighted by atomic mass is 35.5. The minimum absolute atomic E-state index is 0.360. The van der Waals surface area contributed by atoms with Crippen molar-refractivity contribution in [1.82, 2.24) is 9.88 Å². The molecule has 0 aliphatic carbocycles. The van der Waals surface area contributed by atoms with Gasteiger partial charge in [0.1, 0.15) is 11.8 Å². The summed E-state index contributed by atoms with van der Waals surface area (Å²) in [4.78, 5) is 6.99. The van der Waals surface area contributed by atoms with Crippen molar-refractivity contribution in [3.05, 3.63) is 46.1 Å². The number of piperidine rings is 1. The Hall–Kier alpha value is -2.92. The molecule has 0 bridgehead atoms. The number of ether oxygens (including phenoxy) is 3. The molecular formula is C27H30Cl2N4O3. The maximum absolute atomic E-state index is 9.75. The number of hydrogen-bond donors (Lipinski definition) is 1. The molecule has 1 fully saturated rings. The highest BCUT2D eigenvalue weighted by Gasteiger charge is 2.18. The molecule has 0 amide bonds. The van der Waals surface area contributed by atoms with Crippen LogP contribution in [0.5, 0.6) is 17.2 Å². The summed E-state index contributed by atoms with van der Waals surface area (Å²) in [5, 5.41) is 14.5. The molecule has 4 rings (SSSR count). The SMILES string of the molecule is COc1cc(Nc2c(C#N)cnc3cc(OCCCN4CCC(C)CC4)c(OC)cc23)c(Cl)cc1Cl. The Kier molecular flexibility index (Phi) is 8.63. The van der Waals surface area contributed by atoms with Crippen LogP contribution in [0.3, 0.4) is 0 Å². The molecule has 1 aliphatic rings. The lowest BCUT2D eigenvalue weighted by Crippen LogP contribution is -2.34. The van der Waals surface area contributed by atoms with E-state index in [1.165, 1.54) is 26.1 Å². The zero-order chi connectivity index (χ0) is 25.7. The van der Waals surface area contributed by atoms with Gasteiger partial charge in [-0.1, -0.05) is 30.1 Å². The average Bonchev–Trinajstić information content (AvgIpc) is 2.88. The van der Waals surface area contributed by atoms with Gasteiger partial charge in [0.2, 0.25) is 0 Å². The van der Waals surface area contributed by atoms with E-state index < -0.39 is 0 Å². The zero-order valence-corrected chi connectivity index (χ0v) is 22.2. The van der Waals surface area contributed by atoms with Gasteiger partial charge in [-0.2, -0.15) is 5.26 Å². The fourth-order valence-electron chi connectivity index (χ4n) is 4.36. The Morgan fingerprint density at radius 2 is 1.81 bits per heavy atom. The number of nitrogens with one attached hydrogen (secondary N) is 1. The minimum Gasteiger partial charge on any atom is -0.495 e. The minimum atomic E-state index is 0.360. The van der Waals surface area contributed by atoms with Crippen LogP contribution < -0.4 is 19.5 Å². The fourth-order valence-corrected chi connectivity index (χ4v) is 4.87. The molecule has 0 unspecified atom stereocenters. The molecule has 190 valence electrons. The van der Waals surface area contributed by atoms with Crippen LogP contribution in [0.1, 0.15) is 31.7 Å². The van der Waals surface area contributed by atoms with E-state index in [4.69, 9.17) is 37.4 Å². The van der Waals surface area contributed by atoms with Crippen LogP contribution in [0.2, 0.25) is 10.0 Å². The van der Waals surface area contributed by atoms with Crippen molar-refractivity contribution in [2.24, 2.45) is 5.92 Å². The van der Waals surface area contributed by atoms with Crippen LogP contribution in [0.25, 0.3) is 10.9 Å². The summed E-state index contributed by atoms with van der Waals surface area (Å²) in [6.45, 7) is 6.24. The van der Waals surface area contributed by atoms with Crippen molar-refractivity contribution in [1.29, 1.82) is 5.26 Å². The van der Waals surface area contributed by atoms with Gasteiger partial charge in [0, 0.05) is 30.3 Å². The number of pyridine rings is 1. The van der Waals surface area contributed by atoms with Crippen molar-refractivity contribution >= 4 is 45.5 Å². The molecule has 1 N–H and O–H groups in total. The third-order valence-corrected chi connectivity index (χ3v) is 7.14. The standard InChI is InChI=1S/C27H30Cl2N4O3/c1-17-5-8-33(9-6-17)7-4-10-36-26-13-22-19(11-25(26)35-3)27(18(15-30)16-31-22)32-23-14-24(34-2)21(29)12-20(23)28/h11-14,16-17H,4-10H2,1-3H3,(H,31,32). The maximum atomic E-state index is 9.75. The van der Waals surface area contributed by atoms with Crippen LogP contribution in [0.4, 0.5) is 11.4 Å². The predicted molar refractivity (Wildman–Crippen MR) is 144 cm³/mol. The van der Waals surface area contributed by atoms with Crippen molar-refractivity contribution in [2.45, 2.75) is 26.2 Å². The first-order valence-corrected chi connectivity index (χ1v) is 12.7. The van der Waals surface area contributed by atoms with Gasteiger partial charge in [0.15, 0.2) is 11.5 Å². The zero-order valence-electron chi connectivity index (χ0n) is 20.7. The quantitative estimate of drug-likeness (QED) is 0.310. The summed E-state index contributed by atoms with van der Waals surface area (Å²) in [5.41, 5.74) is 2.12. The number of halogens is 2. The number of rotatable bonds is 9. The largest absolute Gasteiger partial charge is 0.495 e. The number of methoxy groups -OCH3 is 2. The summed E-state index contributed by atoms with van der Waals surface area (Å²) in [7, 11) is 3.12. The second kappa shape index (κ2) is 11.9. The Morgan fingerprint density at radius 3 is 2.50 bits per heavy atom. The van der Waals surface area contributed by atoms with Crippen molar-refractivity contribution < 1.29 is 14.2 Å². The van der Waals surface area contributed by atoms with Crippen LogP contribution in [-0.4, -0.2) is 50.3 Å². The number of likely N-dealkylation sites (tertiary alicyclic amines) is 1. The van der Waals surface area contributed by atoms with Crippen LogP contribution in [0.15, 0.2) is 30.5 Å². The number of nitrogens with zero attached hydrogens (tertiary/aromatic N) is 3. The Bertz CT molecular complexity index is 1270. The van der Waals surface area contributed by atoms with Crippen molar-refractivity contribution in [2.75, 3.05) is 45.8 Å². The number of fused-ring (bicyclic) bond motifs is 1. The third-order valence-electron chi connectivity index (χ3n) is 6.53. The molecule has 1 aromatic heterocycles. The molecule has 0 radical (unpaired) electrons. The monoisotopic (exact) mass is 528 g/mol. The lowest BCUT2D eigenvalue weighted by atomic mass is 9.99. The highest BCUT2D eigenvalue weighted by Crippen LogP contribution is 2.40. The third kappa shape index (κ3) is 5.89. The van der Waals surface area contributed by atoms with Gasteiger partial charge in [0.25, 0.3) is 0 Å². The number of benzene rings is 2. The smallest absolute Gasteiger partial charge is 0.163 e. The van der Waals surface area contributed by atoms with Gasteiger partial charge in [-0.3, -0.25) is 4.98 Å². The second-order valence-electron chi connectivity index (χ2n) is 9.00. The molecule has 36 heavy (non-hydrogen) atoms. The van der Waals surface area contributed by atoms with E-state index in [0.717, 1.165) is 32.0 Å². The van der Waals surface area contributed by atoms with E-state index in [9.17, 15) is 5.26 Å². The summed E-state index contributed by atoms with van der Waals surface area (Å²) in [6.07, 6.45) is 4.99. The van der Waals surface area contributed by atoms with E-state index >= 15 is 0 Å². The van der Waals surface area contributed by atoms with Gasteiger partial charge in [-0.05, 0) is 50.4 Å². The van der Waals surface area contributed by atoms with Crippen LogP contribution in [-0.2, 0) is 0 Å². The van der Waals surface area contributed by atoms with E-state index in [-0.39, 0.29) is 0 Å².